The average molecular weight is 443 g/mol. The molecule has 166 valence electrons. The van der Waals surface area contributed by atoms with Gasteiger partial charge in [-0.25, -0.2) is 14.2 Å². The standard InChI is InChI=1S/C25H22FN5O2/c1-17-3-6-21(31-14-2-13-30(25(31)32)20-7-4-19(26)5-8-20)15-22(17)29-24-28-16-23(33-24)18-9-11-27-12-10-18/h3-12,15-16H,2,13-14H2,1H3,(H,28,29). The number of carbonyl (C=O) groups is 1. The fourth-order valence-electron chi connectivity index (χ4n) is 3.83. The zero-order chi connectivity index (χ0) is 22.8. The van der Waals surface area contributed by atoms with Crippen molar-refractivity contribution in [1.29, 1.82) is 0 Å². The van der Waals surface area contributed by atoms with E-state index in [0.717, 1.165) is 28.9 Å². The molecular weight excluding hydrogens is 421 g/mol. The summed E-state index contributed by atoms with van der Waals surface area (Å²) in [6.45, 7) is 3.16. The minimum atomic E-state index is -0.326. The van der Waals surface area contributed by atoms with Crippen molar-refractivity contribution in [3.63, 3.8) is 0 Å². The number of anilines is 4. The first-order chi connectivity index (χ1) is 16.1. The summed E-state index contributed by atoms with van der Waals surface area (Å²) in [6, 6.07) is 15.7. The molecule has 2 aromatic heterocycles. The molecule has 5 rings (SSSR count). The Bertz CT molecular complexity index is 1270. The monoisotopic (exact) mass is 443 g/mol. The van der Waals surface area contributed by atoms with Crippen molar-refractivity contribution in [2.24, 2.45) is 0 Å². The first kappa shape index (κ1) is 20.7. The number of amides is 2. The molecule has 1 fully saturated rings. The zero-order valence-electron chi connectivity index (χ0n) is 18.0. The third-order valence-corrected chi connectivity index (χ3v) is 5.61. The number of urea groups is 1. The zero-order valence-corrected chi connectivity index (χ0v) is 18.0. The summed E-state index contributed by atoms with van der Waals surface area (Å²) in [5, 5.41) is 3.22. The molecule has 3 heterocycles. The smallest absolute Gasteiger partial charge is 0.328 e. The Morgan fingerprint density at radius 1 is 0.970 bits per heavy atom. The normalized spacial score (nSPS) is 13.9. The summed E-state index contributed by atoms with van der Waals surface area (Å²) in [4.78, 5) is 25.0. The third kappa shape index (κ3) is 4.27. The average Bonchev–Trinajstić information content (AvgIpc) is 3.31. The number of nitrogens with one attached hydrogen (secondary N) is 1. The van der Waals surface area contributed by atoms with E-state index in [1.54, 1.807) is 40.5 Å². The number of rotatable bonds is 5. The van der Waals surface area contributed by atoms with Crippen molar-refractivity contribution >= 4 is 29.1 Å². The quantitative estimate of drug-likeness (QED) is 0.424. The van der Waals surface area contributed by atoms with Gasteiger partial charge in [0.1, 0.15) is 5.82 Å². The lowest BCUT2D eigenvalue weighted by molar-refractivity contribution is 0.248. The molecule has 7 nitrogen and oxygen atoms in total. The SMILES string of the molecule is Cc1ccc(N2CCCN(c3ccc(F)cc3)C2=O)cc1Nc1ncc(-c2ccncc2)o1. The van der Waals surface area contributed by atoms with E-state index >= 15 is 0 Å². The minimum Gasteiger partial charge on any atom is -0.423 e. The van der Waals surface area contributed by atoms with E-state index in [-0.39, 0.29) is 11.8 Å². The molecule has 1 N–H and O–H groups in total. The van der Waals surface area contributed by atoms with Gasteiger partial charge in [-0.1, -0.05) is 6.07 Å². The highest BCUT2D eigenvalue weighted by Crippen LogP contribution is 2.31. The molecule has 2 amide bonds. The van der Waals surface area contributed by atoms with Crippen LogP contribution in [-0.2, 0) is 0 Å². The van der Waals surface area contributed by atoms with Crippen LogP contribution in [0.2, 0.25) is 0 Å². The second-order valence-electron chi connectivity index (χ2n) is 7.81. The largest absolute Gasteiger partial charge is 0.423 e. The lowest BCUT2D eigenvalue weighted by atomic mass is 10.1. The Hall–Kier alpha value is -4.20. The van der Waals surface area contributed by atoms with Gasteiger partial charge < -0.3 is 9.73 Å². The maximum atomic E-state index is 13.3. The van der Waals surface area contributed by atoms with Crippen molar-refractivity contribution in [2.45, 2.75) is 13.3 Å². The second kappa shape index (κ2) is 8.74. The van der Waals surface area contributed by atoms with E-state index in [2.05, 4.69) is 15.3 Å². The fraction of sp³-hybridized carbons (Fsp3) is 0.160. The maximum Gasteiger partial charge on any atom is 0.328 e. The van der Waals surface area contributed by atoms with Crippen LogP contribution in [0.1, 0.15) is 12.0 Å². The number of nitrogens with zero attached hydrogens (tertiary/aromatic N) is 4. The van der Waals surface area contributed by atoms with Crippen LogP contribution < -0.4 is 15.1 Å². The van der Waals surface area contributed by atoms with Crippen molar-refractivity contribution in [3.05, 3.63) is 84.6 Å². The lowest BCUT2D eigenvalue weighted by Gasteiger charge is -2.36. The Morgan fingerprint density at radius 3 is 2.42 bits per heavy atom. The van der Waals surface area contributed by atoms with Crippen molar-refractivity contribution in [1.82, 2.24) is 9.97 Å². The van der Waals surface area contributed by atoms with Gasteiger partial charge in [-0.05, 0) is 67.4 Å². The molecule has 1 aliphatic rings. The topological polar surface area (TPSA) is 74.5 Å². The van der Waals surface area contributed by atoms with Gasteiger partial charge in [0.25, 0.3) is 6.01 Å². The summed E-state index contributed by atoms with van der Waals surface area (Å²) in [5.74, 6) is 0.308. The van der Waals surface area contributed by atoms with Gasteiger partial charge in [-0.2, -0.15) is 0 Å². The van der Waals surface area contributed by atoms with Gasteiger partial charge in [0.15, 0.2) is 5.76 Å². The van der Waals surface area contributed by atoms with Gasteiger partial charge >= 0.3 is 6.03 Å². The number of oxazole rings is 1. The van der Waals surface area contributed by atoms with E-state index in [0.29, 0.717) is 30.6 Å². The Balaban J connectivity index is 1.38. The summed E-state index contributed by atoms with van der Waals surface area (Å²) in [6.07, 6.45) is 5.85. The Labute approximate surface area is 190 Å². The molecule has 0 atom stereocenters. The van der Waals surface area contributed by atoms with Gasteiger partial charge in [0, 0.05) is 48.1 Å². The van der Waals surface area contributed by atoms with Gasteiger partial charge in [-0.3, -0.25) is 14.8 Å². The molecule has 1 saturated heterocycles. The maximum absolute atomic E-state index is 13.3. The fourth-order valence-corrected chi connectivity index (χ4v) is 3.83. The molecular formula is C25H22FN5O2. The molecule has 0 unspecified atom stereocenters. The van der Waals surface area contributed by atoms with E-state index in [4.69, 9.17) is 4.42 Å². The highest BCUT2D eigenvalue weighted by atomic mass is 19.1. The molecule has 0 spiro atoms. The number of benzene rings is 2. The Morgan fingerprint density at radius 2 is 1.67 bits per heavy atom. The molecule has 8 heteroatoms. The Kier molecular flexibility index (Phi) is 5.48. The van der Waals surface area contributed by atoms with E-state index < -0.39 is 0 Å². The number of carbonyl (C=O) groups excluding carboxylic acids is 1. The van der Waals surface area contributed by atoms with Crippen LogP contribution in [0.4, 0.5) is 32.3 Å². The molecule has 0 aliphatic carbocycles. The summed E-state index contributed by atoms with van der Waals surface area (Å²) in [7, 11) is 0. The number of pyridine rings is 1. The van der Waals surface area contributed by atoms with Gasteiger partial charge in [-0.15, -0.1) is 0 Å². The molecule has 33 heavy (non-hydrogen) atoms. The molecule has 1 aliphatic heterocycles. The van der Waals surface area contributed by atoms with E-state index in [1.165, 1.54) is 12.1 Å². The van der Waals surface area contributed by atoms with Gasteiger partial charge in [0.2, 0.25) is 0 Å². The molecule has 2 aromatic carbocycles. The molecule has 0 bridgehead atoms. The van der Waals surface area contributed by atoms with Crippen molar-refractivity contribution in [3.8, 4) is 11.3 Å². The molecule has 0 saturated carbocycles. The highest BCUT2D eigenvalue weighted by molar-refractivity contribution is 6.04. The predicted molar refractivity (Wildman–Crippen MR) is 125 cm³/mol. The molecule has 4 aromatic rings. The predicted octanol–water partition coefficient (Wildman–Crippen LogP) is 5.76. The first-order valence-electron chi connectivity index (χ1n) is 10.7. The van der Waals surface area contributed by atoms with Gasteiger partial charge in [0.05, 0.1) is 6.20 Å². The summed E-state index contributed by atoms with van der Waals surface area (Å²) in [5.41, 5.74) is 4.11. The van der Waals surface area contributed by atoms with E-state index in [1.807, 2.05) is 37.3 Å². The number of aromatic nitrogens is 2. The van der Waals surface area contributed by atoms with Crippen LogP contribution >= 0.6 is 0 Å². The van der Waals surface area contributed by atoms with Crippen LogP contribution in [0.5, 0.6) is 0 Å². The third-order valence-electron chi connectivity index (χ3n) is 5.61. The number of hydrogen-bond donors (Lipinski definition) is 1. The van der Waals surface area contributed by atoms with Crippen LogP contribution in [0, 0.1) is 12.7 Å². The number of halogens is 1. The van der Waals surface area contributed by atoms with Crippen molar-refractivity contribution in [2.75, 3.05) is 28.2 Å². The van der Waals surface area contributed by atoms with Crippen LogP contribution in [0.15, 0.2) is 77.6 Å². The highest BCUT2D eigenvalue weighted by Gasteiger charge is 2.28. The van der Waals surface area contributed by atoms with Crippen LogP contribution in [0.25, 0.3) is 11.3 Å². The summed E-state index contributed by atoms with van der Waals surface area (Å²) < 4.78 is 19.2. The van der Waals surface area contributed by atoms with Crippen molar-refractivity contribution < 1.29 is 13.6 Å². The van der Waals surface area contributed by atoms with Crippen LogP contribution in [-0.4, -0.2) is 29.1 Å². The number of hydrogen-bond acceptors (Lipinski definition) is 5. The number of aryl methyl sites for hydroxylation is 1. The summed E-state index contributed by atoms with van der Waals surface area (Å²) >= 11 is 0. The van der Waals surface area contributed by atoms with Crippen LogP contribution in [0.3, 0.4) is 0 Å². The second-order valence-corrected chi connectivity index (χ2v) is 7.81. The van der Waals surface area contributed by atoms with E-state index in [9.17, 15) is 9.18 Å². The minimum absolute atomic E-state index is 0.140. The first-order valence-corrected chi connectivity index (χ1v) is 10.7. The lowest BCUT2D eigenvalue weighted by Crippen LogP contribution is -2.49. The molecule has 0 radical (unpaired) electrons.